The molecule has 0 bridgehead atoms. The third-order valence-corrected chi connectivity index (χ3v) is 2.88. The van der Waals surface area contributed by atoms with Gasteiger partial charge in [-0.3, -0.25) is 0 Å². The second-order valence-electron chi connectivity index (χ2n) is 4.34. The van der Waals surface area contributed by atoms with E-state index in [2.05, 4.69) is 57.3 Å². The summed E-state index contributed by atoms with van der Waals surface area (Å²) in [5.41, 5.74) is 2.77. The molecule has 0 amide bonds. The van der Waals surface area contributed by atoms with Gasteiger partial charge in [0.15, 0.2) is 0 Å². The van der Waals surface area contributed by atoms with Gasteiger partial charge in [-0.05, 0) is 30.9 Å². The van der Waals surface area contributed by atoms with Crippen molar-refractivity contribution in [2.75, 3.05) is 0 Å². The van der Waals surface area contributed by atoms with Crippen molar-refractivity contribution in [3.8, 4) is 0 Å². The molecular weight excluding hydrogens is 170 g/mol. The molecule has 1 aromatic rings. The van der Waals surface area contributed by atoms with Gasteiger partial charge >= 0.3 is 0 Å². The molecule has 0 aromatic heterocycles. The first kappa shape index (κ1) is 11.3. The first-order chi connectivity index (χ1) is 6.61. The van der Waals surface area contributed by atoms with Crippen LogP contribution in [0.3, 0.4) is 0 Å². The molecule has 0 aliphatic carbocycles. The fourth-order valence-electron chi connectivity index (χ4n) is 1.32. The number of benzene rings is 1. The van der Waals surface area contributed by atoms with E-state index in [4.69, 9.17) is 0 Å². The van der Waals surface area contributed by atoms with Crippen LogP contribution in [0.25, 0.3) is 0 Å². The monoisotopic (exact) mass is 191 g/mol. The molecule has 0 heterocycles. The van der Waals surface area contributed by atoms with Crippen molar-refractivity contribution >= 4 is 0 Å². The summed E-state index contributed by atoms with van der Waals surface area (Å²) in [7, 11) is 0. The van der Waals surface area contributed by atoms with Crippen LogP contribution in [0.2, 0.25) is 0 Å². The molecule has 0 spiro atoms. The Kier molecular flexibility index (Phi) is 4.15. The van der Waals surface area contributed by atoms with E-state index in [0.717, 1.165) is 6.54 Å². The Bertz CT molecular complexity index is 278. The molecule has 78 valence electrons. The summed E-state index contributed by atoms with van der Waals surface area (Å²) in [4.78, 5) is 0. The summed E-state index contributed by atoms with van der Waals surface area (Å²) in [6.45, 7) is 9.87. The van der Waals surface area contributed by atoms with Crippen molar-refractivity contribution in [3.05, 3.63) is 35.4 Å². The number of hydrogen-bond acceptors (Lipinski definition) is 1. The van der Waals surface area contributed by atoms with Gasteiger partial charge in [-0.15, -0.1) is 0 Å². The summed E-state index contributed by atoms with van der Waals surface area (Å²) in [5, 5.41) is 3.54. The number of aryl methyl sites for hydroxylation is 1. The average molecular weight is 191 g/mol. The third kappa shape index (κ3) is 3.15. The van der Waals surface area contributed by atoms with Crippen LogP contribution in [0.1, 0.15) is 31.9 Å². The van der Waals surface area contributed by atoms with Crippen molar-refractivity contribution < 1.29 is 0 Å². The van der Waals surface area contributed by atoms with Gasteiger partial charge in [0.1, 0.15) is 0 Å². The highest BCUT2D eigenvalue weighted by Crippen LogP contribution is 2.08. The Balaban J connectivity index is 2.50. The third-order valence-electron chi connectivity index (χ3n) is 2.88. The lowest BCUT2D eigenvalue weighted by Crippen LogP contribution is -2.30. The van der Waals surface area contributed by atoms with E-state index in [0.29, 0.717) is 12.0 Å². The van der Waals surface area contributed by atoms with Gasteiger partial charge in [0, 0.05) is 12.6 Å². The molecule has 1 aromatic carbocycles. The van der Waals surface area contributed by atoms with Crippen molar-refractivity contribution in [3.63, 3.8) is 0 Å². The summed E-state index contributed by atoms with van der Waals surface area (Å²) >= 11 is 0. The van der Waals surface area contributed by atoms with Gasteiger partial charge in [0.25, 0.3) is 0 Å². The van der Waals surface area contributed by atoms with Crippen LogP contribution in [-0.2, 0) is 6.54 Å². The predicted molar refractivity (Wildman–Crippen MR) is 62.3 cm³/mol. The van der Waals surface area contributed by atoms with E-state index in [1.54, 1.807) is 0 Å². The van der Waals surface area contributed by atoms with Crippen molar-refractivity contribution in [2.45, 2.75) is 40.3 Å². The highest BCUT2D eigenvalue weighted by atomic mass is 14.9. The van der Waals surface area contributed by atoms with E-state index in [9.17, 15) is 0 Å². The highest BCUT2D eigenvalue weighted by molar-refractivity contribution is 5.25. The molecule has 0 fully saturated rings. The van der Waals surface area contributed by atoms with Crippen molar-refractivity contribution in [2.24, 2.45) is 5.92 Å². The Labute approximate surface area is 87.5 Å². The quantitative estimate of drug-likeness (QED) is 0.771. The fraction of sp³-hybridized carbons (Fsp3) is 0.538. The van der Waals surface area contributed by atoms with Gasteiger partial charge in [-0.2, -0.15) is 0 Å². The minimum absolute atomic E-state index is 0.578. The van der Waals surface area contributed by atoms with Crippen LogP contribution in [0, 0.1) is 12.8 Å². The normalized spacial score (nSPS) is 13.2. The molecule has 0 aliphatic heterocycles. The van der Waals surface area contributed by atoms with Gasteiger partial charge in [-0.25, -0.2) is 0 Å². The molecule has 1 N–H and O–H groups in total. The molecule has 0 radical (unpaired) electrons. The van der Waals surface area contributed by atoms with E-state index in [1.165, 1.54) is 11.1 Å². The molecule has 14 heavy (non-hydrogen) atoms. The lowest BCUT2D eigenvalue weighted by molar-refractivity contribution is 0.426. The average Bonchev–Trinajstić information content (AvgIpc) is 2.16. The number of hydrogen-bond donors (Lipinski definition) is 1. The first-order valence-corrected chi connectivity index (χ1v) is 5.39. The van der Waals surface area contributed by atoms with Gasteiger partial charge < -0.3 is 5.32 Å². The van der Waals surface area contributed by atoms with E-state index in [1.807, 2.05) is 0 Å². The maximum absolute atomic E-state index is 3.54. The summed E-state index contributed by atoms with van der Waals surface area (Å²) in [6, 6.07) is 9.12. The predicted octanol–water partition coefficient (Wildman–Crippen LogP) is 3.13. The second-order valence-corrected chi connectivity index (χ2v) is 4.34. The van der Waals surface area contributed by atoms with Crippen LogP contribution >= 0.6 is 0 Å². The molecule has 0 aliphatic rings. The lowest BCUT2D eigenvalue weighted by atomic mass is 10.0. The molecule has 1 heteroatoms. The topological polar surface area (TPSA) is 12.0 Å². The summed E-state index contributed by atoms with van der Waals surface area (Å²) in [5.74, 6) is 0.694. The van der Waals surface area contributed by atoms with Crippen LogP contribution in [0.15, 0.2) is 24.3 Å². The Morgan fingerprint density at radius 2 is 1.79 bits per heavy atom. The van der Waals surface area contributed by atoms with E-state index in [-0.39, 0.29) is 0 Å². The van der Waals surface area contributed by atoms with E-state index < -0.39 is 0 Å². The molecule has 0 saturated carbocycles. The number of rotatable bonds is 4. The molecule has 1 nitrogen and oxygen atoms in total. The highest BCUT2D eigenvalue weighted by Gasteiger charge is 2.06. The SMILES string of the molecule is Cc1ccccc1CNC(C)C(C)C. The molecule has 0 saturated heterocycles. The first-order valence-electron chi connectivity index (χ1n) is 5.39. The maximum Gasteiger partial charge on any atom is 0.0210 e. The zero-order valence-corrected chi connectivity index (χ0v) is 9.67. The Morgan fingerprint density at radius 3 is 2.36 bits per heavy atom. The smallest absolute Gasteiger partial charge is 0.0210 e. The zero-order chi connectivity index (χ0) is 10.6. The van der Waals surface area contributed by atoms with Crippen LogP contribution in [0.4, 0.5) is 0 Å². The minimum Gasteiger partial charge on any atom is -0.310 e. The molecule has 1 atom stereocenters. The summed E-state index contributed by atoms with van der Waals surface area (Å²) in [6.07, 6.45) is 0. The molecular formula is C13H21N. The van der Waals surface area contributed by atoms with E-state index >= 15 is 0 Å². The minimum atomic E-state index is 0.578. The largest absolute Gasteiger partial charge is 0.310 e. The van der Waals surface area contributed by atoms with Crippen molar-refractivity contribution in [1.29, 1.82) is 0 Å². The lowest BCUT2D eigenvalue weighted by Gasteiger charge is -2.18. The molecule has 1 rings (SSSR count). The van der Waals surface area contributed by atoms with Crippen molar-refractivity contribution in [1.82, 2.24) is 5.32 Å². The summed E-state index contributed by atoms with van der Waals surface area (Å²) < 4.78 is 0. The Morgan fingerprint density at radius 1 is 1.14 bits per heavy atom. The molecule has 1 unspecified atom stereocenters. The Hall–Kier alpha value is -0.820. The zero-order valence-electron chi connectivity index (χ0n) is 9.67. The van der Waals surface area contributed by atoms with Gasteiger partial charge in [0.2, 0.25) is 0 Å². The van der Waals surface area contributed by atoms with Gasteiger partial charge in [-0.1, -0.05) is 38.1 Å². The fourth-order valence-corrected chi connectivity index (χ4v) is 1.32. The van der Waals surface area contributed by atoms with Crippen LogP contribution < -0.4 is 5.32 Å². The standard InChI is InChI=1S/C13H21N/c1-10(2)12(4)14-9-13-8-6-5-7-11(13)3/h5-8,10,12,14H,9H2,1-4H3. The maximum atomic E-state index is 3.54. The number of nitrogens with one attached hydrogen (secondary N) is 1. The van der Waals surface area contributed by atoms with Crippen LogP contribution in [0.5, 0.6) is 0 Å². The van der Waals surface area contributed by atoms with Gasteiger partial charge in [0.05, 0.1) is 0 Å². The van der Waals surface area contributed by atoms with Crippen LogP contribution in [-0.4, -0.2) is 6.04 Å². The second kappa shape index (κ2) is 5.16.